The van der Waals surface area contributed by atoms with Crippen molar-refractivity contribution in [3.8, 4) is 5.75 Å². The molecule has 4 aromatic rings. The van der Waals surface area contributed by atoms with Crippen LogP contribution in [0.4, 0.5) is 17.1 Å². The number of phenolic OH excluding ortho intramolecular Hbond substituents is 1. The molecular formula is C38H27BrClN3O7. The summed E-state index contributed by atoms with van der Waals surface area (Å²) >= 11 is 9.89. The number of carbonyl (C=O) groups is 4. The van der Waals surface area contributed by atoms with Gasteiger partial charge in [-0.2, -0.15) is 0 Å². The molecule has 10 nitrogen and oxygen atoms in total. The van der Waals surface area contributed by atoms with Crippen molar-refractivity contribution in [2.75, 3.05) is 9.80 Å². The molecule has 2 saturated heterocycles. The predicted molar refractivity (Wildman–Crippen MR) is 187 cm³/mol. The summed E-state index contributed by atoms with van der Waals surface area (Å²) < 4.78 is 0.633. The van der Waals surface area contributed by atoms with Crippen molar-refractivity contribution in [3.05, 3.63) is 139 Å². The van der Waals surface area contributed by atoms with Crippen LogP contribution >= 0.6 is 27.5 Å². The molecule has 250 valence electrons. The van der Waals surface area contributed by atoms with Gasteiger partial charge in [0, 0.05) is 33.1 Å². The molecule has 0 aromatic heterocycles. The first kappa shape index (κ1) is 32.1. The number of hydrogen-bond donors (Lipinski definition) is 1. The van der Waals surface area contributed by atoms with Gasteiger partial charge in [-0.1, -0.05) is 81.6 Å². The molecule has 12 heteroatoms. The summed E-state index contributed by atoms with van der Waals surface area (Å²) in [4.78, 5) is 71.6. The Morgan fingerprint density at radius 2 is 1.54 bits per heavy atom. The molecule has 4 aromatic carbocycles. The molecule has 1 N–H and O–H groups in total. The molecule has 0 radical (unpaired) electrons. The molecule has 6 unspecified atom stereocenters. The van der Waals surface area contributed by atoms with Gasteiger partial charge in [0.15, 0.2) is 0 Å². The van der Waals surface area contributed by atoms with Gasteiger partial charge in [-0.05, 0) is 66.8 Å². The second kappa shape index (κ2) is 11.7. The van der Waals surface area contributed by atoms with Gasteiger partial charge in [0.1, 0.15) is 5.75 Å². The number of imide groups is 2. The van der Waals surface area contributed by atoms with Gasteiger partial charge in [-0.3, -0.25) is 29.3 Å². The second-order valence-electron chi connectivity index (χ2n) is 13.1. The van der Waals surface area contributed by atoms with Gasteiger partial charge in [0.2, 0.25) is 23.6 Å². The number of phenols is 1. The van der Waals surface area contributed by atoms with Gasteiger partial charge >= 0.3 is 0 Å². The lowest BCUT2D eigenvalue weighted by molar-refractivity contribution is -0.384. The Bertz CT molecular complexity index is 2190. The Morgan fingerprint density at radius 1 is 0.820 bits per heavy atom. The molecule has 1 saturated carbocycles. The van der Waals surface area contributed by atoms with Gasteiger partial charge in [-0.25, -0.2) is 9.80 Å². The van der Waals surface area contributed by atoms with Crippen LogP contribution in [0.25, 0.3) is 0 Å². The lowest BCUT2D eigenvalue weighted by Crippen LogP contribution is -2.53. The fourth-order valence-corrected chi connectivity index (χ4v) is 9.41. The number of anilines is 2. The normalized spacial score (nSPS) is 27.2. The van der Waals surface area contributed by atoms with Crippen molar-refractivity contribution >= 4 is 68.2 Å². The van der Waals surface area contributed by atoms with Crippen LogP contribution < -0.4 is 9.80 Å². The van der Waals surface area contributed by atoms with Crippen LogP contribution in [0, 0.1) is 33.8 Å². The van der Waals surface area contributed by atoms with E-state index in [0.29, 0.717) is 31.9 Å². The first-order valence-electron chi connectivity index (χ1n) is 16.0. The van der Waals surface area contributed by atoms with Crippen LogP contribution in [0.15, 0.2) is 113 Å². The highest BCUT2D eigenvalue weighted by atomic mass is 79.9. The summed E-state index contributed by atoms with van der Waals surface area (Å²) in [6, 6.07) is 25.9. The average molecular weight is 753 g/mol. The topological polar surface area (TPSA) is 138 Å². The van der Waals surface area contributed by atoms with Crippen molar-refractivity contribution in [2.45, 2.75) is 24.2 Å². The van der Waals surface area contributed by atoms with E-state index >= 15 is 4.79 Å². The zero-order valence-electron chi connectivity index (χ0n) is 26.1. The quantitative estimate of drug-likeness (QED) is 0.0995. The molecule has 8 rings (SSSR count). The molecule has 50 heavy (non-hydrogen) atoms. The highest BCUT2D eigenvalue weighted by Gasteiger charge is 2.70. The number of benzene rings is 4. The Balaban J connectivity index is 1.35. The summed E-state index contributed by atoms with van der Waals surface area (Å²) in [5.41, 5.74) is 0.238. The fourth-order valence-electron chi connectivity index (χ4n) is 8.85. The molecule has 4 aliphatic rings. The number of halogens is 2. The van der Waals surface area contributed by atoms with E-state index in [1.165, 1.54) is 30.3 Å². The van der Waals surface area contributed by atoms with E-state index in [0.717, 1.165) is 9.80 Å². The summed E-state index contributed by atoms with van der Waals surface area (Å²) in [5.74, 6) is -6.34. The molecule has 0 spiro atoms. The van der Waals surface area contributed by atoms with Gasteiger partial charge in [0.25, 0.3) is 5.69 Å². The highest BCUT2D eigenvalue weighted by molar-refractivity contribution is 9.10. The summed E-state index contributed by atoms with van der Waals surface area (Å²) in [6.45, 7) is 0. The van der Waals surface area contributed by atoms with E-state index < -0.39 is 63.6 Å². The van der Waals surface area contributed by atoms with Gasteiger partial charge in [-0.15, -0.1) is 0 Å². The van der Waals surface area contributed by atoms with E-state index in [-0.39, 0.29) is 30.0 Å². The maximum Gasteiger partial charge on any atom is 0.271 e. The SMILES string of the molecule is O=C1C2CC=C3C(CC4C(=O)N(c5cccc(Cl)c5)C(=O)C4(c4ccccc4)C3c3cc(Br)ccc3O)C2C(=O)N1c1cccc([N+](=O)[O-])c1. The molecule has 2 heterocycles. The van der Waals surface area contributed by atoms with E-state index in [9.17, 15) is 29.6 Å². The van der Waals surface area contributed by atoms with Crippen LogP contribution in [0.3, 0.4) is 0 Å². The Morgan fingerprint density at radius 3 is 2.26 bits per heavy atom. The number of amides is 4. The molecule has 2 aliphatic heterocycles. The zero-order chi connectivity index (χ0) is 35.1. The van der Waals surface area contributed by atoms with E-state index in [2.05, 4.69) is 15.9 Å². The Labute approximate surface area is 299 Å². The van der Waals surface area contributed by atoms with E-state index in [1.807, 2.05) is 24.3 Å². The van der Waals surface area contributed by atoms with Crippen LogP contribution in [0.5, 0.6) is 5.75 Å². The number of hydrogen-bond acceptors (Lipinski definition) is 7. The molecule has 4 amide bonds. The maximum atomic E-state index is 15.3. The van der Waals surface area contributed by atoms with Crippen molar-refractivity contribution < 1.29 is 29.2 Å². The monoisotopic (exact) mass is 751 g/mol. The molecular weight excluding hydrogens is 726 g/mol. The number of rotatable bonds is 5. The smallest absolute Gasteiger partial charge is 0.271 e. The highest BCUT2D eigenvalue weighted by Crippen LogP contribution is 2.65. The largest absolute Gasteiger partial charge is 0.508 e. The summed E-state index contributed by atoms with van der Waals surface area (Å²) in [5, 5.41) is 23.4. The minimum Gasteiger partial charge on any atom is -0.508 e. The number of nitro groups is 1. The fraction of sp³-hybridized carbons (Fsp3) is 0.211. The van der Waals surface area contributed by atoms with Crippen molar-refractivity contribution in [1.29, 1.82) is 0 Å². The third-order valence-electron chi connectivity index (χ3n) is 10.8. The van der Waals surface area contributed by atoms with Gasteiger partial charge in [0.05, 0.1) is 39.5 Å². The molecule has 2 aliphatic carbocycles. The average Bonchev–Trinajstić information content (AvgIpc) is 3.50. The molecule has 0 bridgehead atoms. The maximum absolute atomic E-state index is 15.3. The molecule has 3 fully saturated rings. The van der Waals surface area contributed by atoms with E-state index in [1.54, 1.807) is 48.5 Å². The number of nitrogens with zero attached hydrogens (tertiary/aromatic N) is 3. The first-order chi connectivity index (χ1) is 24.0. The zero-order valence-corrected chi connectivity index (χ0v) is 28.5. The minimum atomic E-state index is -1.54. The number of aromatic hydroxyl groups is 1. The summed E-state index contributed by atoms with van der Waals surface area (Å²) in [6.07, 6.45) is 2.11. The number of fused-ring (bicyclic) bond motifs is 4. The Kier molecular flexibility index (Phi) is 7.54. The minimum absolute atomic E-state index is 0.0661. The summed E-state index contributed by atoms with van der Waals surface area (Å²) in [7, 11) is 0. The van der Waals surface area contributed by atoms with Crippen LogP contribution in [-0.4, -0.2) is 33.7 Å². The lowest BCUT2D eigenvalue weighted by Gasteiger charge is -2.50. The van der Waals surface area contributed by atoms with Crippen LogP contribution in [0.2, 0.25) is 5.02 Å². The van der Waals surface area contributed by atoms with Gasteiger partial charge < -0.3 is 5.11 Å². The Hall–Kier alpha value is -5.13. The number of carbonyl (C=O) groups excluding carboxylic acids is 4. The van der Waals surface area contributed by atoms with E-state index in [4.69, 9.17) is 11.6 Å². The van der Waals surface area contributed by atoms with Crippen LogP contribution in [-0.2, 0) is 24.6 Å². The lowest BCUT2D eigenvalue weighted by atomic mass is 9.49. The number of allylic oxidation sites excluding steroid dienone is 2. The number of non-ortho nitro benzene ring substituents is 1. The standard InChI is InChI=1S/C38H27BrClN3O7/c39-21-12-15-31(44)29(16-21)33-26-13-14-27-32(36(47)41(34(27)45)24-10-5-11-25(18-24)43(49)50)28(26)19-30-35(46)42(23-9-4-8-22(40)17-23)37(48)38(30,33)20-6-2-1-3-7-20/h1-13,15-18,27-28,30,32-33,44H,14,19H2. The predicted octanol–water partition coefficient (Wildman–Crippen LogP) is 7.08. The third-order valence-corrected chi connectivity index (χ3v) is 11.5. The van der Waals surface area contributed by atoms with Crippen molar-refractivity contribution in [3.63, 3.8) is 0 Å². The second-order valence-corrected chi connectivity index (χ2v) is 14.4. The first-order valence-corrected chi connectivity index (χ1v) is 17.2. The van der Waals surface area contributed by atoms with Crippen molar-refractivity contribution in [1.82, 2.24) is 0 Å². The molecule has 6 atom stereocenters. The third kappa shape index (κ3) is 4.53. The number of nitro benzene ring substituents is 1. The van der Waals surface area contributed by atoms with Crippen molar-refractivity contribution in [2.24, 2.45) is 23.7 Å². The van der Waals surface area contributed by atoms with Crippen LogP contribution in [0.1, 0.15) is 29.9 Å².